The number of hydrogen-bond acceptors (Lipinski definition) is 3. The minimum absolute atomic E-state index is 0.271. The van der Waals surface area contributed by atoms with Gasteiger partial charge < -0.3 is 10.6 Å². The van der Waals surface area contributed by atoms with Crippen LogP contribution in [0, 0.1) is 13.8 Å². The number of aromatic nitrogens is 2. The molecule has 0 unspecified atom stereocenters. The fourth-order valence-corrected chi connectivity index (χ4v) is 3.27. The van der Waals surface area contributed by atoms with Crippen LogP contribution in [0.4, 0.5) is 11.5 Å². The molecule has 3 aromatic carbocycles. The van der Waals surface area contributed by atoms with Gasteiger partial charge in [0.25, 0.3) is 11.8 Å². The van der Waals surface area contributed by atoms with Gasteiger partial charge in [0.2, 0.25) is 0 Å². The van der Waals surface area contributed by atoms with Crippen molar-refractivity contribution in [1.29, 1.82) is 0 Å². The van der Waals surface area contributed by atoms with Crippen LogP contribution in [0.1, 0.15) is 31.8 Å². The van der Waals surface area contributed by atoms with E-state index in [0.29, 0.717) is 17.1 Å². The van der Waals surface area contributed by atoms with E-state index < -0.39 is 0 Å². The molecule has 0 radical (unpaired) electrons. The number of anilines is 2. The molecule has 0 fully saturated rings. The smallest absolute Gasteiger partial charge is 0.261 e. The quantitative estimate of drug-likeness (QED) is 0.486. The van der Waals surface area contributed by atoms with Crippen LogP contribution in [-0.4, -0.2) is 21.6 Å². The minimum Gasteiger partial charge on any atom is -0.322 e. The van der Waals surface area contributed by atoms with Crippen LogP contribution in [-0.2, 0) is 0 Å². The van der Waals surface area contributed by atoms with E-state index in [1.165, 1.54) is 6.20 Å². The number of rotatable bonds is 5. The topological polar surface area (TPSA) is 76.0 Å². The number of amides is 2. The van der Waals surface area contributed by atoms with Gasteiger partial charge in [0.05, 0.1) is 11.9 Å². The third-order valence-corrected chi connectivity index (χ3v) is 4.92. The molecule has 4 aromatic rings. The molecule has 1 aromatic heterocycles. The third kappa shape index (κ3) is 4.38. The molecule has 154 valence electrons. The fraction of sp³-hybridized carbons (Fsp3) is 0.0800. The van der Waals surface area contributed by atoms with Crippen LogP contribution in [0.2, 0.25) is 0 Å². The molecule has 1 heterocycles. The average Bonchev–Trinajstić information content (AvgIpc) is 3.19. The highest BCUT2D eigenvalue weighted by atomic mass is 16.2. The predicted molar refractivity (Wildman–Crippen MR) is 122 cm³/mol. The first-order chi connectivity index (χ1) is 15.0. The number of carbonyl (C=O) groups is 2. The van der Waals surface area contributed by atoms with E-state index in [1.54, 1.807) is 16.8 Å². The number of nitrogens with one attached hydrogen (secondary N) is 2. The van der Waals surface area contributed by atoms with Crippen molar-refractivity contribution in [2.75, 3.05) is 10.6 Å². The summed E-state index contributed by atoms with van der Waals surface area (Å²) in [5.74, 6) is -0.355. The van der Waals surface area contributed by atoms with Gasteiger partial charge in [-0.1, -0.05) is 54.1 Å². The molecule has 0 spiro atoms. The second-order valence-electron chi connectivity index (χ2n) is 7.25. The highest BCUT2D eigenvalue weighted by Gasteiger charge is 2.21. The summed E-state index contributed by atoms with van der Waals surface area (Å²) in [5, 5.41) is 10.2. The van der Waals surface area contributed by atoms with Crippen LogP contribution in [0.15, 0.2) is 85.1 Å². The molecule has 0 saturated heterocycles. The van der Waals surface area contributed by atoms with Crippen LogP contribution in [0.3, 0.4) is 0 Å². The number of carbonyl (C=O) groups excluding carboxylic acids is 2. The Morgan fingerprint density at radius 1 is 0.806 bits per heavy atom. The van der Waals surface area contributed by atoms with E-state index in [-0.39, 0.29) is 17.4 Å². The van der Waals surface area contributed by atoms with Crippen molar-refractivity contribution in [3.63, 3.8) is 0 Å². The molecule has 31 heavy (non-hydrogen) atoms. The molecular weight excluding hydrogens is 388 g/mol. The van der Waals surface area contributed by atoms with E-state index in [9.17, 15) is 9.59 Å². The van der Waals surface area contributed by atoms with Gasteiger partial charge in [0.15, 0.2) is 0 Å². The van der Waals surface area contributed by atoms with Crippen molar-refractivity contribution < 1.29 is 9.59 Å². The summed E-state index contributed by atoms with van der Waals surface area (Å²) < 4.78 is 1.56. The number of benzene rings is 3. The Balaban J connectivity index is 1.72. The van der Waals surface area contributed by atoms with Crippen molar-refractivity contribution in [2.24, 2.45) is 0 Å². The van der Waals surface area contributed by atoms with E-state index >= 15 is 0 Å². The Hall–Kier alpha value is -4.19. The van der Waals surface area contributed by atoms with Gasteiger partial charge in [-0.25, -0.2) is 4.68 Å². The van der Waals surface area contributed by atoms with E-state index in [0.717, 1.165) is 16.8 Å². The predicted octanol–water partition coefficient (Wildman–Crippen LogP) is 4.99. The van der Waals surface area contributed by atoms with Gasteiger partial charge in [-0.3, -0.25) is 9.59 Å². The number of para-hydroxylation sites is 2. The van der Waals surface area contributed by atoms with Gasteiger partial charge in [0.1, 0.15) is 11.4 Å². The van der Waals surface area contributed by atoms with Crippen molar-refractivity contribution in [2.45, 2.75) is 13.8 Å². The van der Waals surface area contributed by atoms with Crippen molar-refractivity contribution in [1.82, 2.24) is 9.78 Å². The van der Waals surface area contributed by atoms with Gasteiger partial charge >= 0.3 is 0 Å². The van der Waals surface area contributed by atoms with Crippen LogP contribution in [0.25, 0.3) is 5.69 Å². The number of aryl methyl sites for hydroxylation is 2. The maximum absolute atomic E-state index is 13.1. The lowest BCUT2D eigenvalue weighted by atomic mass is 10.1. The van der Waals surface area contributed by atoms with Crippen LogP contribution < -0.4 is 10.6 Å². The zero-order chi connectivity index (χ0) is 21.8. The Labute approximate surface area is 180 Å². The second-order valence-corrected chi connectivity index (χ2v) is 7.25. The normalized spacial score (nSPS) is 10.5. The standard InChI is InChI=1S/C25H22N4O2/c1-17-9-8-11-19(15-17)24(30)28-23-21(16-26-29(23)20-12-4-3-5-13-20)25(31)27-22-14-7-6-10-18(22)2/h3-16H,1-2H3,(H,27,31)(H,28,30). The van der Waals surface area contributed by atoms with Gasteiger partial charge in [0, 0.05) is 11.3 Å². The molecule has 0 aliphatic rings. The van der Waals surface area contributed by atoms with Gasteiger partial charge in [-0.2, -0.15) is 5.10 Å². The molecular formula is C25H22N4O2. The van der Waals surface area contributed by atoms with Crippen LogP contribution in [0.5, 0.6) is 0 Å². The summed E-state index contributed by atoms with van der Waals surface area (Å²) in [4.78, 5) is 26.0. The lowest BCUT2D eigenvalue weighted by Crippen LogP contribution is -2.20. The Bertz CT molecular complexity index is 1250. The lowest BCUT2D eigenvalue weighted by Gasteiger charge is -2.12. The van der Waals surface area contributed by atoms with E-state index in [4.69, 9.17) is 0 Å². The molecule has 0 saturated carbocycles. The molecule has 6 heteroatoms. The first kappa shape index (κ1) is 20.1. The largest absolute Gasteiger partial charge is 0.322 e. The first-order valence-electron chi connectivity index (χ1n) is 9.91. The lowest BCUT2D eigenvalue weighted by molar-refractivity contribution is 0.102. The second kappa shape index (κ2) is 8.67. The summed E-state index contributed by atoms with van der Waals surface area (Å²) in [6, 6.07) is 24.2. The first-order valence-corrected chi connectivity index (χ1v) is 9.91. The Morgan fingerprint density at radius 2 is 1.55 bits per heavy atom. The van der Waals surface area contributed by atoms with Crippen molar-refractivity contribution in [3.05, 3.63) is 107 Å². The molecule has 6 nitrogen and oxygen atoms in total. The highest BCUT2D eigenvalue weighted by Crippen LogP contribution is 2.23. The van der Waals surface area contributed by atoms with Crippen molar-refractivity contribution >= 4 is 23.3 Å². The summed E-state index contributed by atoms with van der Waals surface area (Å²) in [6.45, 7) is 3.84. The summed E-state index contributed by atoms with van der Waals surface area (Å²) >= 11 is 0. The molecule has 0 bridgehead atoms. The number of hydrogen-bond donors (Lipinski definition) is 2. The SMILES string of the molecule is Cc1cccc(C(=O)Nc2c(C(=O)Nc3ccccc3C)cnn2-c2ccccc2)c1. The molecule has 2 amide bonds. The third-order valence-electron chi connectivity index (χ3n) is 4.92. The summed E-state index contributed by atoms with van der Waals surface area (Å²) in [7, 11) is 0. The Kier molecular flexibility index (Phi) is 5.62. The molecule has 4 rings (SSSR count). The maximum atomic E-state index is 13.1. The molecule has 0 atom stereocenters. The molecule has 2 N–H and O–H groups in total. The summed E-state index contributed by atoms with van der Waals surface area (Å²) in [5.41, 5.74) is 4.13. The molecule has 0 aliphatic carbocycles. The average molecular weight is 410 g/mol. The van der Waals surface area contributed by atoms with Crippen LogP contribution >= 0.6 is 0 Å². The minimum atomic E-state index is -0.351. The van der Waals surface area contributed by atoms with Gasteiger partial charge in [-0.05, 0) is 49.7 Å². The highest BCUT2D eigenvalue weighted by molar-refractivity contribution is 6.12. The monoisotopic (exact) mass is 410 g/mol. The Morgan fingerprint density at radius 3 is 2.29 bits per heavy atom. The summed E-state index contributed by atoms with van der Waals surface area (Å²) in [6.07, 6.45) is 1.46. The van der Waals surface area contributed by atoms with E-state index in [1.807, 2.05) is 80.6 Å². The van der Waals surface area contributed by atoms with Crippen molar-refractivity contribution in [3.8, 4) is 5.69 Å². The van der Waals surface area contributed by atoms with E-state index in [2.05, 4.69) is 15.7 Å². The van der Waals surface area contributed by atoms with Gasteiger partial charge in [-0.15, -0.1) is 0 Å². The maximum Gasteiger partial charge on any atom is 0.261 e. The molecule has 0 aliphatic heterocycles. The number of nitrogens with zero attached hydrogens (tertiary/aromatic N) is 2. The zero-order valence-electron chi connectivity index (χ0n) is 17.3. The fourth-order valence-electron chi connectivity index (χ4n) is 3.27. The zero-order valence-corrected chi connectivity index (χ0v) is 17.3.